The Kier molecular flexibility index (Phi) is 7.81. The van der Waals surface area contributed by atoms with E-state index in [2.05, 4.69) is 33.9 Å². The summed E-state index contributed by atoms with van der Waals surface area (Å²) in [5.41, 5.74) is 4.23. The Hall–Kier alpha value is -2.71. The Morgan fingerprint density at radius 3 is 1.94 bits per heavy atom. The molecule has 6 nitrogen and oxygen atoms in total. The fourth-order valence-electron chi connectivity index (χ4n) is 3.20. The van der Waals surface area contributed by atoms with Gasteiger partial charge in [-0.3, -0.25) is 4.90 Å². The van der Waals surface area contributed by atoms with Gasteiger partial charge in [0.15, 0.2) is 0 Å². The van der Waals surface area contributed by atoms with E-state index < -0.39 is 10.0 Å². The molecule has 31 heavy (non-hydrogen) atoms. The van der Waals surface area contributed by atoms with Crippen molar-refractivity contribution in [2.75, 3.05) is 27.3 Å². The monoisotopic (exact) mass is 440 g/mol. The summed E-state index contributed by atoms with van der Waals surface area (Å²) >= 11 is 0. The Morgan fingerprint density at radius 1 is 0.871 bits per heavy atom. The lowest BCUT2D eigenvalue weighted by molar-refractivity contribution is 0.217. The molecule has 0 saturated heterocycles. The molecule has 7 heteroatoms. The lowest BCUT2D eigenvalue weighted by Crippen LogP contribution is -2.23. The highest BCUT2D eigenvalue weighted by molar-refractivity contribution is 7.89. The molecule has 0 amide bonds. The summed E-state index contributed by atoms with van der Waals surface area (Å²) in [5, 5.41) is 9.01. The summed E-state index contributed by atoms with van der Waals surface area (Å²) in [6, 6.07) is 22.4. The quantitative estimate of drug-likeness (QED) is 0.506. The zero-order chi connectivity index (χ0) is 22.3. The van der Waals surface area contributed by atoms with Gasteiger partial charge in [-0.1, -0.05) is 48.5 Å². The van der Waals surface area contributed by atoms with Crippen molar-refractivity contribution in [3.05, 3.63) is 83.9 Å². The smallest absolute Gasteiger partial charge is 0.240 e. The maximum atomic E-state index is 12.5. The van der Waals surface area contributed by atoms with Crippen LogP contribution < -0.4 is 9.46 Å². The van der Waals surface area contributed by atoms with Gasteiger partial charge in [0.2, 0.25) is 10.0 Å². The molecule has 3 aromatic carbocycles. The summed E-state index contributed by atoms with van der Waals surface area (Å²) < 4.78 is 32.6. The van der Waals surface area contributed by atoms with Gasteiger partial charge in [0.25, 0.3) is 0 Å². The molecule has 0 aliphatic rings. The standard InChI is InChI=1S/C24H28N2O4S/c1-26(15-16-27)18-20-5-9-22(10-6-20)21-7-3-19(4-8-21)17-25-31(28,29)24-13-11-23(30-2)12-14-24/h3-14,25,27H,15-18H2,1-2H3. The molecular weight excluding hydrogens is 412 g/mol. The molecule has 0 radical (unpaired) electrons. The van der Waals surface area contributed by atoms with Gasteiger partial charge >= 0.3 is 0 Å². The first-order chi connectivity index (χ1) is 14.9. The summed E-state index contributed by atoms with van der Waals surface area (Å²) in [4.78, 5) is 2.27. The third kappa shape index (κ3) is 6.38. The molecule has 0 aromatic heterocycles. The zero-order valence-electron chi connectivity index (χ0n) is 17.8. The molecule has 3 rings (SSSR count). The Labute approximate surface area is 184 Å². The van der Waals surface area contributed by atoms with Crippen LogP contribution in [-0.4, -0.2) is 45.7 Å². The number of nitrogens with zero attached hydrogens (tertiary/aromatic N) is 1. The van der Waals surface area contributed by atoms with Gasteiger partial charge < -0.3 is 9.84 Å². The van der Waals surface area contributed by atoms with Crippen LogP contribution in [0.4, 0.5) is 0 Å². The van der Waals surface area contributed by atoms with Crippen LogP contribution in [0.25, 0.3) is 11.1 Å². The lowest BCUT2D eigenvalue weighted by Gasteiger charge is -2.15. The fraction of sp³-hybridized carbons (Fsp3) is 0.250. The van der Waals surface area contributed by atoms with Crippen LogP contribution in [0.3, 0.4) is 0 Å². The third-order valence-electron chi connectivity index (χ3n) is 5.01. The minimum absolute atomic E-state index is 0.150. The average molecular weight is 441 g/mol. The van der Waals surface area contributed by atoms with Crippen molar-refractivity contribution in [3.63, 3.8) is 0 Å². The van der Waals surface area contributed by atoms with Crippen molar-refractivity contribution in [3.8, 4) is 16.9 Å². The van der Waals surface area contributed by atoms with E-state index in [1.807, 2.05) is 31.3 Å². The molecule has 3 aromatic rings. The van der Waals surface area contributed by atoms with Crippen molar-refractivity contribution in [1.29, 1.82) is 0 Å². The zero-order valence-corrected chi connectivity index (χ0v) is 18.6. The van der Waals surface area contributed by atoms with Gasteiger partial charge in [0.05, 0.1) is 18.6 Å². The molecule has 0 heterocycles. The second kappa shape index (κ2) is 10.5. The number of rotatable bonds is 10. The first-order valence-corrected chi connectivity index (χ1v) is 11.5. The number of nitrogens with one attached hydrogen (secondary N) is 1. The van der Waals surface area contributed by atoms with Crippen LogP contribution >= 0.6 is 0 Å². The highest BCUT2D eigenvalue weighted by Crippen LogP contribution is 2.21. The second-order valence-corrected chi connectivity index (χ2v) is 9.12. The Balaban J connectivity index is 1.60. The first kappa shape index (κ1) is 23.0. The molecule has 0 saturated carbocycles. The van der Waals surface area contributed by atoms with Gasteiger partial charge in [0, 0.05) is 19.6 Å². The normalized spacial score (nSPS) is 11.6. The SMILES string of the molecule is COc1ccc(S(=O)(=O)NCc2ccc(-c3ccc(CN(C)CCO)cc3)cc2)cc1. The molecule has 0 atom stereocenters. The van der Waals surface area contributed by atoms with Crippen molar-refractivity contribution in [2.45, 2.75) is 18.0 Å². The fourth-order valence-corrected chi connectivity index (χ4v) is 4.21. The minimum atomic E-state index is -3.59. The van der Waals surface area contributed by atoms with E-state index >= 15 is 0 Å². The van der Waals surface area contributed by atoms with Crippen molar-refractivity contribution in [1.82, 2.24) is 9.62 Å². The van der Waals surface area contributed by atoms with E-state index in [9.17, 15) is 8.42 Å². The predicted molar refractivity (Wildman–Crippen MR) is 122 cm³/mol. The van der Waals surface area contributed by atoms with Crippen LogP contribution in [0.1, 0.15) is 11.1 Å². The second-order valence-electron chi connectivity index (χ2n) is 7.36. The van der Waals surface area contributed by atoms with E-state index in [4.69, 9.17) is 9.84 Å². The molecule has 0 aliphatic heterocycles. The Morgan fingerprint density at radius 2 is 1.42 bits per heavy atom. The van der Waals surface area contributed by atoms with Crippen LogP contribution in [-0.2, 0) is 23.1 Å². The Bertz CT molecular complexity index is 1060. The van der Waals surface area contributed by atoms with E-state index in [1.54, 1.807) is 12.1 Å². The summed E-state index contributed by atoms with van der Waals surface area (Å²) in [6.45, 7) is 1.79. The molecular formula is C24H28N2O4S. The van der Waals surface area contributed by atoms with Gasteiger partial charge in [-0.2, -0.15) is 0 Å². The maximum Gasteiger partial charge on any atom is 0.240 e. The first-order valence-electron chi connectivity index (χ1n) is 10.0. The van der Waals surface area contributed by atoms with Crippen LogP contribution in [0.15, 0.2) is 77.7 Å². The van der Waals surface area contributed by atoms with Crippen molar-refractivity contribution >= 4 is 10.0 Å². The number of methoxy groups -OCH3 is 1. The topological polar surface area (TPSA) is 78.9 Å². The molecule has 0 fully saturated rings. The number of ether oxygens (including phenoxy) is 1. The summed E-state index contributed by atoms with van der Waals surface area (Å²) in [7, 11) is -0.0727. The lowest BCUT2D eigenvalue weighted by atomic mass is 10.0. The van der Waals surface area contributed by atoms with Crippen molar-refractivity contribution < 1.29 is 18.3 Å². The third-order valence-corrected chi connectivity index (χ3v) is 6.43. The van der Waals surface area contributed by atoms with Crippen LogP contribution in [0, 0.1) is 0 Å². The highest BCUT2D eigenvalue weighted by Gasteiger charge is 2.13. The van der Waals surface area contributed by atoms with Gasteiger partial charge in [-0.15, -0.1) is 0 Å². The minimum Gasteiger partial charge on any atom is -0.497 e. The number of aliphatic hydroxyl groups excluding tert-OH is 1. The molecule has 164 valence electrons. The molecule has 0 aliphatic carbocycles. The van der Waals surface area contributed by atoms with Crippen molar-refractivity contribution in [2.24, 2.45) is 0 Å². The van der Waals surface area contributed by atoms with Crippen LogP contribution in [0.2, 0.25) is 0 Å². The van der Waals surface area contributed by atoms with E-state index in [1.165, 1.54) is 24.8 Å². The summed E-state index contributed by atoms with van der Waals surface area (Å²) in [6.07, 6.45) is 0. The molecule has 0 bridgehead atoms. The predicted octanol–water partition coefficient (Wildman–Crippen LogP) is 3.26. The van der Waals surface area contributed by atoms with E-state index in [-0.39, 0.29) is 18.0 Å². The molecule has 0 spiro atoms. The van der Waals surface area contributed by atoms with Gasteiger partial charge in [-0.25, -0.2) is 13.1 Å². The number of likely N-dealkylation sites (N-methyl/N-ethyl adjacent to an activating group) is 1. The van der Waals surface area contributed by atoms with Gasteiger partial charge in [0.1, 0.15) is 5.75 Å². The van der Waals surface area contributed by atoms with Gasteiger partial charge in [-0.05, 0) is 53.6 Å². The average Bonchev–Trinajstić information content (AvgIpc) is 2.79. The number of hydrogen-bond acceptors (Lipinski definition) is 5. The largest absolute Gasteiger partial charge is 0.497 e. The number of sulfonamides is 1. The number of aliphatic hydroxyl groups is 1. The number of benzene rings is 3. The molecule has 0 unspecified atom stereocenters. The van der Waals surface area contributed by atoms with E-state index in [0.29, 0.717) is 12.3 Å². The molecule has 2 N–H and O–H groups in total. The van der Waals surface area contributed by atoms with Crippen LogP contribution in [0.5, 0.6) is 5.75 Å². The maximum absolute atomic E-state index is 12.5. The summed E-state index contributed by atoms with van der Waals surface area (Å²) in [5.74, 6) is 0.611. The van der Waals surface area contributed by atoms with E-state index in [0.717, 1.165) is 23.2 Å². The highest BCUT2D eigenvalue weighted by atomic mass is 32.2. The number of hydrogen-bond donors (Lipinski definition) is 2.